The van der Waals surface area contributed by atoms with Crippen molar-refractivity contribution in [2.24, 2.45) is 7.05 Å². The molecule has 4 heteroatoms. The predicted molar refractivity (Wildman–Crippen MR) is 64.3 cm³/mol. The third kappa shape index (κ3) is 2.59. The van der Waals surface area contributed by atoms with E-state index in [0.717, 1.165) is 12.2 Å². The number of anilines is 1. The second-order valence-electron chi connectivity index (χ2n) is 3.67. The highest BCUT2D eigenvalue weighted by Crippen LogP contribution is 2.13. The van der Waals surface area contributed by atoms with Crippen LogP contribution in [0.5, 0.6) is 0 Å². The van der Waals surface area contributed by atoms with Crippen LogP contribution < -0.4 is 5.32 Å². The average molecular weight is 221 g/mol. The molecule has 1 N–H and O–H groups in total. The zero-order valence-corrected chi connectivity index (χ0v) is 9.79. The van der Waals surface area contributed by atoms with E-state index >= 15 is 0 Å². The summed E-state index contributed by atoms with van der Waals surface area (Å²) in [6.07, 6.45) is 2.86. The molecule has 0 aliphatic carbocycles. The van der Waals surface area contributed by atoms with E-state index in [9.17, 15) is 0 Å². The topological polar surface area (TPSA) is 29.9 Å². The van der Waals surface area contributed by atoms with Crippen molar-refractivity contribution in [2.75, 3.05) is 5.32 Å². The van der Waals surface area contributed by atoms with Gasteiger partial charge >= 0.3 is 0 Å². The third-order valence-electron chi connectivity index (χ3n) is 2.30. The summed E-state index contributed by atoms with van der Waals surface area (Å²) in [7, 11) is 1.94. The minimum absolute atomic E-state index is 0.430. The van der Waals surface area contributed by atoms with Gasteiger partial charge in [-0.1, -0.05) is 6.07 Å². The van der Waals surface area contributed by atoms with Crippen molar-refractivity contribution in [1.82, 2.24) is 9.78 Å². The van der Waals surface area contributed by atoms with Crippen LogP contribution >= 0.6 is 11.3 Å². The molecule has 2 aromatic heterocycles. The van der Waals surface area contributed by atoms with Crippen LogP contribution in [-0.2, 0) is 13.5 Å². The Balaban J connectivity index is 1.93. The number of aryl methyl sites for hydroxylation is 1. The predicted octanol–water partition coefficient (Wildman–Crippen LogP) is 2.52. The van der Waals surface area contributed by atoms with Crippen molar-refractivity contribution in [2.45, 2.75) is 19.4 Å². The number of nitrogens with one attached hydrogen (secondary N) is 1. The van der Waals surface area contributed by atoms with Crippen molar-refractivity contribution < 1.29 is 0 Å². The van der Waals surface area contributed by atoms with Crippen LogP contribution in [0.4, 0.5) is 5.82 Å². The van der Waals surface area contributed by atoms with Crippen molar-refractivity contribution in [3.8, 4) is 0 Å². The molecule has 1 unspecified atom stereocenters. The fourth-order valence-electron chi connectivity index (χ4n) is 1.55. The highest BCUT2D eigenvalue weighted by atomic mass is 32.1. The molecular formula is C11H15N3S. The zero-order chi connectivity index (χ0) is 10.7. The van der Waals surface area contributed by atoms with Gasteiger partial charge in [0.1, 0.15) is 5.82 Å². The molecule has 3 nitrogen and oxygen atoms in total. The molecule has 0 aliphatic rings. The van der Waals surface area contributed by atoms with E-state index < -0.39 is 0 Å². The quantitative estimate of drug-likeness (QED) is 0.859. The Morgan fingerprint density at radius 1 is 1.53 bits per heavy atom. The molecule has 0 spiro atoms. The molecule has 0 amide bonds. The van der Waals surface area contributed by atoms with Gasteiger partial charge in [0.25, 0.3) is 0 Å². The van der Waals surface area contributed by atoms with Gasteiger partial charge in [-0.15, -0.1) is 11.3 Å². The number of hydrogen-bond acceptors (Lipinski definition) is 3. The summed E-state index contributed by atoms with van der Waals surface area (Å²) in [6, 6.07) is 6.69. The maximum atomic E-state index is 4.12. The maximum absolute atomic E-state index is 4.12. The molecule has 80 valence electrons. The number of thiophene rings is 1. The Morgan fingerprint density at radius 3 is 3.00 bits per heavy atom. The maximum Gasteiger partial charge on any atom is 0.124 e. The Kier molecular flexibility index (Phi) is 3.06. The van der Waals surface area contributed by atoms with Gasteiger partial charge in [-0.05, 0) is 18.4 Å². The number of aromatic nitrogens is 2. The Bertz CT molecular complexity index is 405. The molecule has 0 fully saturated rings. The molecule has 1 atom stereocenters. The minimum Gasteiger partial charge on any atom is -0.367 e. The summed E-state index contributed by atoms with van der Waals surface area (Å²) in [4.78, 5) is 1.41. The SMILES string of the molecule is CC(Cc1cccs1)Nc1ccnn1C. The second kappa shape index (κ2) is 4.49. The first-order valence-corrected chi connectivity index (χ1v) is 5.90. The average Bonchev–Trinajstić information content (AvgIpc) is 2.79. The number of hydrogen-bond donors (Lipinski definition) is 1. The van der Waals surface area contributed by atoms with Crippen LogP contribution in [0.2, 0.25) is 0 Å². The van der Waals surface area contributed by atoms with Crippen LogP contribution in [0.15, 0.2) is 29.8 Å². The van der Waals surface area contributed by atoms with Gasteiger partial charge in [-0.2, -0.15) is 5.10 Å². The molecule has 0 radical (unpaired) electrons. The lowest BCUT2D eigenvalue weighted by atomic mass is 10.2. The van der Waals surface area contributed by atoms with Gasteiger partial charge < -0.3 is 5.32 Å². The highest BCUT2D eigenvalue weighted by molar-refractivity contribution is 7.09. The van der Waals surface area contributed by atoms with E-state index in [0.29, 0.717) is 6.04 Å². The molecular weight excluding hydrogens is 206 g/mol. The summed E-state index contributed by atoms with van der Waals surface area (Å²) >= 11 is 1.81. The van der Waals surface area contributed by atoms with Gasteiger partial charge in [-0.3, -0.25) is 4.68 Å². The van der Waals surface area contributed by atoms with Gasteiger partial charge in [0.05, 0.1) is 6.20 Å². The number of nitrogens with zero attached hydrogens (tertiary/aromatic N) is 2. The number of rotatable bonds is 4. The third-order valence-corrected chi connectivity index (χ3v) is 3.20. The molecule has 0 saturated heterocycles. The molecule has 0 aliphatic heterocycles. The second-order valence-corrected chi connectivity index (χ2v) is 4.70. The monoisotopic (exact) mass is 221 g/mol. The fraction of sp³-hybridized carbons (Fsp3) is 0.364. The molecule has 2 aromatic rings. The van der Waals surface area contributed by atoms with E-state index in [1.807, 2.05) is 17.8 Å². The van der Waals surface area contributed by atoms with Crippen LogP contribution in [0, 0.1) is 0 Å². The lowest BCUT2D eigenvalue weighted by Crippen LogP contribution is -2.19. The van der Waals surface area contributed by atoms with Crippen LogP contribution in [0.3, 0.4) is 0 Å². The summed E-state index contributed by atoms with van der Waals surface area (Å²) in [5.74, 6) is 1.07. The van der Waals surface area contributed by atoms with E-state index in [4.69, 9.17) is 0 Å². The first kappa shape index (κ1) is 10.2. The Labute approximate surface area is 93.7 Å². The van der Waals surface area contributed by atoms with Crippen molar-refractivity contribution in [3.63, 3.8) is 0 Å². The first-order chi connectivity index (χ1) is 7.25. The zero-order valence-electron chi connectivity index (χ0n) is 8.97. The van der Waals surface area contributed by atoms with E-state index in [2.05, 4.69) is 34.9 Å². The fourth-order valence-corrected chi connectivity index (χ4v) is 2.38. The normalized spacial score (nSPS) is 12.7. The lowest BCUT2D eigenvalue weighted by molar-refractivity contribution is 0.732. The van der Waals surface area contributed by atoms with E-state index in [-0.39, 0.29) is 0 Å². The van der Waals surface area contributed by atoms with Crippen LogP contribution in [-0.4, -0.2) is 15.8 Å². The molecule has 2 heterocycles. The summed E-state index contributed by atoms with van der Waals surface area (Å²) in [5, 5.41) is 9.68. The molecule has 0 aromatic carbocycles. The van der Waals surface area contributed by atoms with Crippen LogP contribution in [0.25, 0.3) is 0 Å². The lowest BCUT2D eigenvalue weighted by Gasteiger charge is -2.13. The van der Waals surface area contributed by atoms with Gasteiger partial charge in [0.15, 0.2) is 0 Å². The summed E-state index contributed by atoms with van der Waals surface area (Å²) in [6.45, 7) is 2.19. The Hall–Kier alpha value is -1.29. The van der Waals surface area contributed by atoms with Crippen molar-refractivity contribution in [1.29, 1.82) is 0 Å². The van der Waals surface area contributed by atoms with E-state index in [1.54, 1.807) is 17.5 Å². The highest BCUT2D eigenvalue weighted by Gasteiger charge is 2.06. The van der Waals surface area contributed by atoms with Gasteiger partial charge in [-0.25, -0.2) is 0 Å². The van der Waals surface area contributed by atoms with Crippen molar-refractivity contribution >= 4 is 17.2 Å². The van der Waals surface area contributed by atoms with Gasteiger partial charge in [0, 0.05) is 30.5 Å². The largest absolute Gasteiger partial charge is 0.367 e. The van der Waals surface area contributed by atoms with E-state index in [1.165, 1.54) is 4.88 Å². The van der Waals surface area contributed by atoms with Gasteiger partial charge in [0.2, 0.25) is 0 Å². The molecule has 2 rings (SSSR count). The molecule has 15 heavy (non-hydrogen) atoms. The first-order valence-electron chi connectivity index (χ1n) is 5.02. The summed E-state index contributed by atoms with van der Waals surface area (Å²) < 4.78 is 1.85. The smallest absolute Gasteiger partial charge is 0.124 e. The molecule has 0 bridgehead atoms. The Morgan fingerprint density at radius 2 is 2.40 bits per heavy atom. The minimum atomic E-state index is 0.430. The standard InChI is InChI=1S/C11H15N3S/c1-9(8-10-4-3-7-15-10)13-11-5-6-12-14(11)2/h3-7,9,13H,8H2,1-2H3. The summed E-state index contributed by atoms with van der Waals surface area (Å²) in [5.41, 5.74) is 0. The van der Waals surface area contributed by atoms with Crippen molar-refractivity contribution in [3.05, 3.63) is 34.7 Å². The van der Waals surface area contributed by atoms with Crippen LogP contribution in [0.1, 0.15) is 11.8 Å². The molecule has 0 saturated carbocycles.